The van der Waals surface area contributed by atoms with E-state index in [2.05, 4.69) is 5.32 Å². The molecule has 3 aromatic carbocycles. The summed E-state index contributed by atoms with van der Waals surface area (Å²) >= 11 is 0. The zero-order valence-electron chi connectivity index (χ0n) is 21.0. The van der Waals surface area contributed by atoms with Gasteiger partial charge in [-0.05, 0) is 72.9 Å². The summed E-state index contributed by atoms with van der Waals surface area (Å²) < 4.78 is 69.5. The molecule has 0 fully saturated rings. The number of nitrogens with zero attached hydrogens (tertiary/aromatic N) is 1. The van der Waals surface area contributed by atoms with Crippen molar-refractivity contribution in [3.63, 3.8) is 0 Å². The average Bonchev–Trinajstić information content (AvgIpc) is 2.81. The molecule has 0 radical (unpaired) electrons. The lowest BCUT2D eigenvalue weighted by Crippen LogP contribution is -2.37. The summed E-state index contributed by atoms with van der Waals surface area (Å²) in [5.74, 6) is 0.0828. The standard InChI is InChI=1S/C27H29F3N2O4S/c1-18(2)16-32(26(33)31-25-13-5-8-19(3)20(25)4)17-21-9-6-11-23(14-21)36-37(34,35)24-12-7-10-22(15-24)27(28,29)30/h5-15,18H,16-17H2,1-4H3,(H,31,33). The van der Waals surface area contributed by atoms with E-state index in [-0.39, 0.29) is 24.2 Å². The molecule has 0 aliphatic rings. The zero-order valence-corrected chi connectivity index (χ0v) is 21.8. The summed E-state index contributed by atoms with van der Waals surface area (Å²) in [5, 5.41) is 2.94. The Hall–Kier alpha value is -3.53. The Morgan fingerprint density at radius 3 is 2.35 bits per heavy atom. The minimum absolute atomic E-state index is 0.0747. The number of nitrogens with one attached hydrogen (secondary N) is 1. The van der Waals surface area contributed by atoms with Crippen LogP contribution in [0.25, 0.3) is 0 Å². The summed E-state index contributed by atoms with van der Waals surface area (Å²) in [6.07, 6.45) is -4.69. The van der Waals surface area contributed by atoms with Gasteiger partial charge in [0, 0.05) is 18.8 Å². The second-order valence-corrected chi connectivity index (χ2v) is 10.7. The fourth-order valence-corrected chi connectivity index (χ4v) is 4.63. The van der Waals surface area contributed by atoms with E-state index < -0.39 is 26.8 Å². The largest absolute Gasteiger partial charge is 0.416 e. The predicted octanol–water partition coefficient (Wildman–Crippen LogP) is 6.78. The molecule has 0 heterocycles. The van der Waals surface area contributed by atoms with Crippen molar-refractivity contribution >= 4 is 21.8 Å². The first kappa shape index (κ1) is 28.0. The van der Waals surface area contributed by atoms with Crippen LogP contribution in [0.4, 0.5) is 23.7 Å². The Morgan fingerprint density at radius 1 is 1.00 bits per heavy atom. The van der Waals surface area contributed by atoms with Gasteiger partial charge in [0.25, 0.3) is 0 Å². The number of anilines is 1. The van der Waals surface area contributed by atoms with Crippen molar-refractivity contribution in [2.24, 2.45) is 5.92 Å². The topological polar surface area (TPSA) is 75.7 Å². The van der Waals surface area contributed by atoms with Crippen LogP contribution in [0.1, 0.15) is 36.1 Å². The van der Waals surface area contributed by atoms with Crippen LogP contribution in [-0.4, -0.2) is 25.9 Å². The van der Waals surface area contributed by atoms with Crippen LogP contribution >= 0.6 is 0 Å². The summed E-state index contributed by atoms with van der Waals surface area (Å²) in [4.78, 5) is 14.1. The zero-order chi connectivity index (χ0) is 27.4. The van der Waals surface area contributed by atoms with Gasteiger partial charge in [-0.1, -0.05) is 44.2 Å². The van der Waals surface area contributed by atoms with Crippen molar-refractivity contribution in [1.82, 2.24) is 4.90 Å². The number of hydrogen-bond acceptors (Lipinski definition) is 4. The maximum Gasteiger partial charge on any atom is 0.416 e. The second kappa shape index (κ2) is 11.2. The van der Waals surface area contributed by atoms with Crippen LogP contribution in [0.2, 0.25) is 0 Å². The summed E-state index contributed by atoms with van der Waals surface area (Å²) in [5.41, 5.74) is 2.19. The van der Waals surface area contributed by atoms with Gasteiger partial charge in [0.15, 0.2) is 0 Å². The highest BCUT2D eigenvalue weighted by atomic mass is 32.2. The van der Waals surface area contributed by atoms with Crippen LogP contribution in [0, 0.1) is 19.8 Å². The van der Waals surface area contributed by atoms with Crippen LogP contribution in [0.3, 0.4) is 0 Å². The average molecular weight is 535 g/mol. The fourth-order valence-electron chi connectivity index (χ4n) is 3.66. The van der Waals surface area contributed by atoms with Gasteiger partial charge < -0.3 is 14.4 Å². The molecule has 1 N–H and O–H groups in total. The van der Waals surface area contributed by atoms with Gasteiger partial charge in [-0.15, -0.1) is 0 Å². The van der Waals surface area contributed by atoms with Crippen molar-refractivity contribution in [2.75, 3.05) is 11.9 Å². The minimum Gasteiger partial charge on any atom is -0.379 e. The molecule has 198 valence electrons. The van der Waals surface area contributed by atoms with E-state index in [1.807, 2.05) is 45.9 Å². The molecule has 0 unspecified atom stereocenters. The summed E-state index contributed by atoms with van der Waals surface area (Å²) in [6, 6.07) is 14.8. The Balaban J connectivity index is 1.80. The number of hydrogen-bond donors (Lipinski definition) is 1. The molecule has 37 heavy (non-hydrogen) atoms. The van der Waals surface area contributed by atoms with Crippen LogP contribution < -0.4 is 9.50 Å². The number of rotatable bonds is 8. The van der Waals surface area contributed by atoms with Gasteiger partial charge >= 0.3 is 22.3 Å². The van der Waals surface area contributed by atoms with Crippen molar-refractivity contribution in [2.45, 2.75) is 45.3 Å². The van der Waals surface area contributed by atoms with Crippen LogP contribution in [0.15, 0.2) is 71.6 Å². The number of carbonyl (C=O) groups excluding carboxylic acids is 1. The Kier molecular flexibility index (Phi) is 8.53. The molecule has 3 rings (SSSR count). The van der Waals surface area contributed by atoms with Crippen molar-refractivity contribution < 1.29 is 30.6 Å². The second-order valence-electron chi connectivity index (χ2n) is 9.16. The Labute approximate surface area is 215 Å². The smallest absolute Gasteiger partial charge is 0.379 e. The van der Waals surface area contributed by atoms with E-state index in [1.165, 1.54) is 12.1 Å². The molecule has 0 aliphatic heterocycles. The molecule has 0 aliphatic carbocycles. The number of urea groups is 1. The monoisotopic (exact) mass is 534 g/mol. The van der Waals surface area contributed by atoms with Gasteiger partial charge in [0.1, 0.15) is 10.6 Å². The first-order valence-corrected chi connectivity index (χ1v) is 13.0. The number of aryl methyl sites for hydroxylation is 1. The van der Waals surface area contributed by atoms with E-state index in [0.717, 1.165) is 29.3 Å². The number of alkyl halides is 3. The third kappa shape index (κ3) is 7.48. The molecule has 10 heteroatoms. The molecule has 0 bridgehead atoms. The molecule has 0 saturated heterocycles. The van der Waals surface area contributed by atoms with E-state index in [4.69, 9.17) is 4.18 Å². The molecule has 0 spiro atoms. The summed E-state index contributed by atoms with van der Waals surface area (Å²) in [7, 11) is -4.52. The van der Waals surface area contributed by atoms with Crippen molar-refractivity contribution in [1.29, 1.82) is 0 Å². The minimum atomic E-state index is -4.69. The quantitative estimate of drug-likeness (QED) is 0.323. The number of amides is 2. The lowest BCUT2D eigenvalue weighted by atomic mass is 10.1. The Bertz CT molecular complexity index is 1370. The van der Waals surface area contributed by atoms with Gasteiger partial charge in [-0.3, -0.25) is 0 Å². The van der Waals surface area contributed by atoms with E-state index in [9.17, 15) is 26.4 Å². The van der Waals surface area contributed by atoms with Crippen molar-refractivity contribution in [3.8, 4) is 5.75 Å². The van der Waals surface area contributed by atoms with E-state index >= 15 is 0 Å². The highest BCUT2D eigenvalue weighted by Gasteiger charge is 2.32. The molecule has 0 aromatic heterocycles. The number of carbonyl (C=O) groups is 1. The molecule has 2 amide bonds. The van der Waals surface area contributed by atoms with Gasteiger partial charge in [-0.2, -0.15) is 21.6 Å². The molecular weight excluding hydrogens is 505 g/mol. The Morgan fingerprint density at radius 2 is 1.68 bits per heavy atom. The van der Waals surface area contributed by atoms with Gasteiger partial charge in [-0.25, -0.2) is 4.79 Å². The summed E-state index contributed by atoms with van der Waals surface area (Å²) in [6.45, 7) is 8.41. The normalized spacial score (nSPS) is 11.9. The van der Waals surface area contributed by atoms with E-state index in [0.29, 0.717) is 23.9 Å². The van der Waals surface area contributed by atoms with Crippen LogP contribution in [-0.2, 0) is 22.8 Å². The lowest BCUT2D eigenvalue weighted by molar-refractivity contribution is -0.137. The fraction of sp³-hybridized carbons (Fsp3) is 0.296. The molecule has 3 aromatic rings. The highest BCUT2D eigenvalue weighted by Crippen LogP contribution is 2.31. The van der Waals surface area contributed by atoms with E-state index in [1.54, 1.807) is 17.0 Å². The molecule has 0 atom stereocenters. The maximum atomic E-state index is 13.1. The number of benzene rings is 3. The predicted molar refractivity (Wildman–Crippen MR) is 136 cm³/mol. The molecular formula is C27H29F3N2O4S. The third-order valence-corrected chi connectivity index (χ3v) is 6.89. The van der Waals surface area contributed by atoms with Crippen molar-refractivity contribution in [3.05, 3.63) is 89.0 Å². The molecule has 6 nitrogen and oxygen atoms in total. The molecule has 0 saturated carbocycles. The third-order valence-electron chi connectivity index (χ3n) is 5.65. The first-order valence-electron chi connectivity index (χ1n) is 11.6. The lowest BCUT2D eigenvalue weighted by Gasteiger charge is -2.26. The maximum absolute atomic E-state index is 13.1. The van der Waals surface area contributed by atoms with Gasteiger partial charge in [0.2, 0.25) is 0 Å². The van der Waals surface area contributed by atoms with Gasteiger partial charge in [0.05, 0.1) is 5.56 Å². The number of halogens is 3. The highest BCUT2D eigenvalue weighted by molar-refractivity contribution is 7.87. The first-order chi connectivity index (χ1) is 17.3. The SMILES string of the molecule is Cc1cccc(NC(=O)N(Cc2cccc(OS(=O)(=O)c3cccc(C(F)(F)F)c3)c2)CC(C)C)c1C. The van der Waals surface area contributed by atoms with Crippen LogP contribution in [0.5, 0.6) is 5.75 Å².